The van der Waals surface area contributed by atoms with E-state index in [0.717, 1.165) is 24.3 Å². The van der Waals surface area contributed by atoms with E-state index < -0.39 is 0 Å². The summed E-state index contributed by atoms with van der Waals surface area (Å²) in [6.07, 6.45) is 9.41. The summed E-state index contributed by atoms with van der Waals surface area (Å²) in [4.78, 5) is 0. The molecule has 82 valence electrons. The lowest BCUT2D eigenvalue weighted by Crippen LogP contribution is -2.36. The SMILES string of the molecule is OCC[C@H]1CCN[C@@H]1C1CCCCC1. The van der Waals surface area contributed by atoms with E-state index >= 15 is 0 Å². The van der Waals surface area contributed by atoms with E-state index in [1.165, 1.54) is 45.1 Å². The molecule has 0 amide bonds. The Morgan fingerprint density at radius 2 is 1.86 bits per heavy atom. The van der Waals surface area contributed by atoms with Crippen LogP contribution in [0.3, 0.4) is 0 Å². The molecule has 1 saturated carbocycles. The molecule has 14 heavy (non-hydrogen) atoms. The monoisotopic (exact) mass is 197 g/mol. The number of aliphatic hydroxyl groups excluding tert-OH is 1. The van der Waals surface area contributed by atoms with Crippen LogP contribution in [-0.2, 0) is 0 Å². The van der Waals surface area contributed by atoms with Gasteiger partial charge in [-0.15, -0.1) is 0 Å². The van der Waals surface area contributed by atoms with Crippen LogP contribution in [0.2, 0.25) is 0 Å². The summed E-state index contributed by atoms with van der Waals surface area (Å²) in [5, 5.41) is 12.7. The summed E-state index contributed by atoms with van der Waals surface area (Å²) in [7, 11) is 0. The van der Waals surface area contributed by atoms with Crippen molar-refractivity contribution in [1.29, 1.82) is 0 Å². The second kappa shape index (κ2) is 5.13. The van der Waals surface area contributed by atoms with Crippen LogP contribution in [0.25, 0.3) is 0 Å². The molecule has 2 fully saturated rings. The van der Waals surface area contributed by atoms with Crippen molar-refractivity contribution in [1.82, 2.24) is 5.32 Å². The van der Waals surface area contributed by atoms with Gasteiger partial charge in [0.1, 0.15) is 0 Å². The molecule has 1 heterocycles. The second-order valence-corrected chi connectivity index (χ2v) is 4.94. The predicted molar refractivity (Wildman–Crippen MR) is 58.2 cm³/mol. The zero-order valence-corrected chi connectivity index (χ0v) is 9.04. The maximum Gasteiger partial charge on any atom is 0.0434 e. The van der Waals surface area contributed by atoms with E-state index in [9.17, 15) is 0 Å². The molecule has 0 bridgehead atoms. The Balaban J connectivity index is 1.87. The molecule has 0 spiro atoms. The first-order chi connectivity index (χ1) is 6.92. The normalized spacial score (nSPS) is 34.9. The minimum absolute atomic E-state index is 0.371. The molecule has 2 aliphatic rings. The van der Waals surface area contributed by atoms with Crippen molar-refractivity contribution in [3.63, 3.8) is 0 Å². The third kappa shape index (κ3) is 2.29. The summed E-state index contributed by atoms with van der Waals surface area (Å²) in [6, 6.07) is 0.724. The number of hydrogen-bond donors (Lipinski definition) is 2. The summed E-state index contributed by atoms with van der Waals surface area (Å²) in [6.45, 7) is 1.54. The lowest BCUT2D eigenvalue weighted by Gasteiger charge is -2.31. The minimum Gasteiger partial charge on any atom is -0.396 e. The van der Waals surface area contributed by atoms with Gasteiger partial charge in [-0.1, -0.05) is 19.3 Å². The average Bonchev–Trinajstić information content (AvgIpc) is 2.68. The van der Waals surface area contributed by atoms with Crippen molar-refractivity contribution in [3.8, 4) is 0 Å². The van der Waals surface area contributed by atoms with Gasteiger partial charge < -0.3 is 10.4 Å². The van der Waals surface area contributed by atoms with Crippen LogP contribution >= 0.6 is 0 Å². The first kappa shape index (κ1) is 10.4. The Morgan fingerprint density at radius 1 is 1.07 bits per heavy atom. The highest BCUT2D eigenvalue weighted by Crippen LogP contribution is 2.33. The van der Waals surface area contributed by atoms with Crippen molar-refractivity contribution < 1.29 is 5.11 Å². The lowest BCUT2D eigenvalue weighted by atomic mass is 9.78. The van der Waals surface area contributed by atoms with Crippen molar-refractivity contribution in [3.05, 3.63) is 0 Å². The van der Waals surface area contributed by atoms with Crippen LogP contribution < -0.4 is 5.32 Å². The highest BCUT2D eigenvalue weighted by molar-refractivity contribution is 4.89. The Morgan fingerprint density at radius 3 is 2.57 bits per heavy atom. The van der Waals surface area contributed by atoms with Gasteiger partial charge >= 0.3 is 0 Å². The molecule has 1 aliphatic carbocycles. The third-order valence-electron chi connectivity index (χ3n) is 4.06. The molecule has 2 atom stereocenters. The van der Waals surface area contributed by atoms with Gasteiger partial charge in [0.25, 0.3) is 0 Å². The van der Waals surface area contributed by atoms with Gasteiger partial charge in [-0.05, 0) is 44.1 Å². The standard InChI is InChI=1S/C12H23NO/c14-9-7-11-6-8-13-12(11)10-4-2-1-3-5-10/h10-14H,1-9H2/t11-,12-/m1/s1. The van der Waals surface area contributed by atoms with Crippen LogP contribution in [0.1, 0.15) is 44.9 Å². The number of aliphatic hydroxyl groups is 1. The van der Waals surface area contributed by atoms with Crippen molar-refractivity contribution in [2.45, 2.75) is 51.0 Å². The van der Waals surface area contributed by atoms with E-state index in [4.69, 9.17) is 5.11 Å². The van der Waals surface area contributed by atoms with Crippen molar-refractivity contribution in [2.24, 2.45) is 11.8 Å². The van der Waals surface area contributed by atoms with Gasteiger partial charge in [0, 0.05) is 12.6 Å². The molecule has 0 aromatic carbocycles. The van der Waals surface area contributed by atoms with Gasteiger partial charge in [0.15, 0.2) is 0 Å². The van der Waals surface area contributed by atoms with E-state index in [1.54, 1.807) is 0 Å². The highest BCUT2D eigenvalue weighted by atomic mass is 16.3. The van der Waals surface area contributed by atoms with Crippen LogP contribution in [-0.4, -0.2) is 24.3 Å². The molecule has 2 heteroatoms. The third-order valence-corrected chi connectivity index (χ3v) is 4.06. The molecule has 1 saturated heterocycles. The maximum atomic E-state index is 9.02. The highest BCUT2D eigenvalue weighted by Gasteiger charge is 2.33. The van der Waals surface area contributed by atoms with Gasteiger partial charge in [0.05, 0.1) is 0 Å². The lowest BCUT2D eigenvalue weighted by molar-refractivity contribution is 0.202. The molecule has 0 radical (unpaired) electrons. The zero-order chi connectivity index (χ0) is 9.80. The van der Waals surface area contributed by atoms with Gasteiger partial charge in [-0.25, -0.2) is 0 Å². The number of hydrogen-bond acceptors (Lipinski definition) is 2. The van der Waals surface area contributed by atoms with E-state index in [-0.39, 0.29) is 0 Å². The summed E-state index contributed by atoms with van der Waals surface area (Å²) < 4.78 is 0. The molecular formula is C12H23NO. The molecule has 0 aromatic heterocycles. The van der Waals surface area contributed by atoms with Crippen LogP contribution in [0.5, 0.6) is 0 Å². The van der Waals surface area contributed by atoms with Crippen LogP contribution in [0, 0.1) is 11.8 Å². The molecule has 0 aromatic rings. The van der Waals surface area contributed by atoms with Gasteiger partial charge in [-0.3, -0.25) is 0 Å². The fourth-order valence-corrected chi connectivity index (χ4v) is 3.32. The number of nitrogens with one attached hydrogen (secondary N) is 1. The van der Waals surface area contributed by atoms with Crippen LogP contribution in [0.4, 0.5) is 0 Å². The predicted octanol–water partition coefficient (Wildman–Crippen LogP) is 1.93. The topological polar surface area (TPSA) is 32.3 Å². The molecule has 1 aliphatic heterocycles. The van der Waals surface area contributed by atoms with E-state index in [1.807, 2.05) is 0 Å². The zero-order valence-electron chi connectivity index (χ0n) is 9.04. The first-order valence-electron chi connectivity index (χ1n) is 6.26. The molecule has 0 unspecified atom stereocenters. The summed E-state index contributed by atoms with van der Waals surface area (Å²) in [5.74, 6) is 1.66. The Hall–Kier alpha value is -0.0800. The first-order valence-corrected chi connectivity index (χ1v) is 6.26. The maximum absolute atomic E-state index is 9.02. The minimum atomic E-state index is 0.371. The van der Waals surface area contributed by atoms with Crippen molar-refractivity contribution in [2.75, 3.05) is 13.2 Å². The van der Waals surface area contributed by atoms with Crippen LogP contribution in [0.15, 0.2) is 0 Å². The molecule has 2 rings (SSSR count). The fourth-order valence-electron chi connectivity index (χ4n) is 3.32. The Labute approximate surface area is 87.1 Å². The fraction of sp³-hybridized carbons (Fsp3) is 1.00. The molecule has 2 nitrogen and oxygen atoms in total. The summed E-state index contributed by atoms with van der Waals surface area (Å²) in [5.41, 5.74) is 0. The largest absolute Gasteiger partial charge is 0.396 e. The number of rotatable bonds is 3. The van der Waals surface area contributed by atoms with Crippen molar-refractivity contribution >= 4 is 0 Å². The average molecular weight is 197 g/mol. The van der Waals surface area contributed by atoms with Gasteiger partial charge in [-0.2, -0.15) is 0 Å². The summed E-state index contributed by atoms with van der Waals surface area (Å²) >= 11 is 0. The van der Waals surface area contributed by atoms with E-state index in [2.05, 4.69) is 5.32 Å². The van der Waals surface area contributed by atoms with Gasteiger partial charge in [0.2, 0.25) is 0 Å². The smallest absolute Gasteiger partial charge is 0.0434 e. The second-order valence-electron chi connectivity index (χ2n) is 4.94. The molecular weight excluding hydrogens is 174 g/mol. The van der Waals surface area contributed by atoms with E-state index in [0.29, 0.717) is 6.61 Å². The Kier molecular flexibility index (Phi) is 3.82. The Bertz CT molecular complexity index is 166. The quantitative estimate of drug-likeness (QED) is 0.724. The molecule has 2 N–H and O–H groups in total.